The largest absolute Gasteiger partial charge is 0.469 e. The topological polar surface area (TPSA) is 84.6 Å². The maximum atomic E-state index is 5.40. The molecule has 5 aromatic rings. The molecular weight excluding hydrogens is 376 g/mol. The first-order valence-electron chi connectivity index (χ1n) is 9.92. The van der Waals surface area contributed by atoms with Gasteiger partial charge < -0.3 is 14.7 Å². The lowest BCUT2D eigenvalue weighted by Gasteiger charge is -2.08. The standard InChI is InChI=1S/C23H22N6O/c1-29-15-18(14-26-29)17-6-4-16(5-7-17)13-25-20-10-11-24-23-22(20)27-21(28-23)9-8-19-3-2-12-30-19/h2-7,10-12,14-15H,8-9,13H2,1H3,(H2,24,25,27,28). The highest BCUT2D eigenvalue weighted by Crippen LogP contribution is 2.22. The van der Waals surface area contributed by atoms with E-state index in [0.717, 1.165) is 52.4 Å². The van der Waals surface area contributed by atoms with Crippen molar-refractivity contribution in [2.45, 2.75) is 19.4 Å². The molecule has 0 aliphatic heterocycles. The number of fused-ring (bicyclic) bond motifs is 1. The zero-order valence-electron chi connectivity index (χ0n) is 16.7. The van der Waals surface area contributed by atoms with Gasteiger partial charge in [0.25, 0.3) is 0 Å². The number of anilines is 1. The van der Waals surface area contributed by atoms with E-state index in [0.29, 0.717) is 6.54 Å². The van der Waals surface area contributed by atoms with E-state index in [9.17, 15) is 0 Å². The molecule has 5 rings (SSSR count). The van der Waals surface area contributed by atoms with Crippen LogP contribution in [0, 0.1) is 0 Å². The molecule has 2 N–H and O–H groups in total. The number of benzene rings is 1. The van der Waals surface area contributed by atoms with Gasteiger partial charge >= 0.3 is 0 Å². The molecule has 1 aromatic carbocycles. The quantitative estimate of drug-likeness (QED) is 0.426. The third kappa shape index (κ3) is 3.82. The van der Waals surface area contributed by atoms with Gasteiger partial charge in [-0.25, -0.2) is 9.97 Å². The molecule has 0 spiro atoms. The molecule has 0 unspecified atom stereocenters. The molecule has 0 amide bonds. The average molecular weight is 398 g/mol. The second kappa shape index (κ2) is 7.87. The fourth-order valence-corrected chi connectivity index (χ4v) is 3.50. The summed E-state index contributed by atoms with van der Waals surface area (Å²) in [6.07, 6.45) is 8.96. The molecule has 0 bridgehead atoms. The summed E-state index contributed by atoms with van der Waals surface area (Å²) in [4.78, 5) is 12.4. The highest BCUT2D eigenvalue weighted by Gasteiger charge is 2.09. The Kier molecular flexibility index (Phi) is 4.77. The molecule has 4 aromatic heterocycles. The van der Waals surface area contributed by atoms with Crippen molar-refractivity contribution in [2.24, 2.45) is 7.05 Å². The number of H-pyrrole nitrogens is 1. The maximum Gasteiger partial charge on any atom is 0.179 e. The molecular formula is C23H22N6O. The van der Waals surface area contributed by atoms with E-state index >= 15 is 0 Å². The van der Waals surface area contributed by atoms with E-state index in [1.807, 2.05) is 42.3 Å². The molecule has 0 saturated carbocycles. The van der Waals surface area contributed by atoms with E-state index in [1.165, 1.54) is 5.56 Å². The second-order valence-corrected chi connectivity index (χ2v) is 7.27. The Balaban J connectivity index is 1.28. The lowest BCUT2D eigenvalue weighted by Crippen LogP contribution is -2.00. The van der Waals surface area contributed by atoms with Crippen LogP contribution in [0.5, 0.6) is 0 Å². The summed E-state index contributed by atoms with van der Waals surface area (Å²) in [5.74, 6) is 1.86. The molecule has 7 heteroatoms. The van der Waals surface area contributed by atoms with Crippen LogP contribution in [0.2, 0.25) is 0 Å². The molecule has 150 valence electrons. The van der Waals surface area contributed by atoms with Crippen molar-refractivity contribution in [2.75, 3.05) is 5.32 Å². The number of aryl methyl sites for hydroxylation is 3. The van der Waals surface area contributed by atoms with Gasteiger partial charge in [-0.3, -0.25) is 4.68 Å². The molecule has 0 atom stereocenters. The Labute approximate surface area is 173 Å². The lowest BCUT2D eigenvalue weighted by atomic mass is 10.1. The molecule has 4 heterocycles. The smallest absolute Gasteiger partial charge is 0.179 e. The maximum absolute atomic E-state index is 5.40. The predicted octanol–water partition coefficient (Wildman–Crippen LogP) is 4.35. The zero-order chi connectivity index (χ0) is 20.3. The van der Waals surface area contributed by atoms with Crippen molar-refractivity contribution >= 4 is 16.9 Å². The zero-order valence-corrected chi connectivity index (χ0v) is 16.7. The monoisotopic (exact) mass is 398 g/mol. The summed E-state index contributed by atoms with van der Waals surface area (Å²) in [7, 11) is 1.93. The Hall–Kier alpha value is -3.87. The number of rotatable bonds is 7. The van der Waals surface area contributed by atoms with Gasteiger partial charge in [0.1, 0.15) is 17.1 Å². The van der Waals surface area contributed by atoms with Crippen LogP contribution >= 0.6 is 0 Å². The van der Waals surface area contributed by atoms with E-state index in [2.05, 4.69) is 49.6 Å². The van der Waals surface area contributed by atoms with Crippen LogP contribution in [0.4, 0.5) is 5.69 Å². The number of nitrogens with one attached hydrogen (secondary N) is 2. The van der Waals surface area contributed by atoms with Gasteiger partial charge in [-0.2, -0.15) is 5.10 Å². The van der Waals surface area contributed by atoms with Crippen LogP contribution in [0.1, 0.15) is 17.1 Å². The molecule has 0 radical (unpaired) electrons. The normalized spacial score (nSPS) is 11.2. The molecule has 0 aliphatic rings. The van der Waals surface area contributed by atoms with Crippen LogP contribution in [0.25, 0.3) is 22.3 Å². The minimum atomic E-state index is 0.715. The van der Waals surface area contributed by atoms with Crippen LogP contribution in [0.3, 0.4) is 0 Å². The average Bonchev–Trinajstić information content (AvgIpc) is 3.51. The van der Waals surface area contributed by atoms with Crippen molar-refractivity contribution in [3.63, 3.8) is 0 Å². The van der Waals surface area contributed by atoms with Gasteiger partial charge in [0.15, 0.2) is 5.65 Å². The van der Waals surface area contributed by atoms with Crippen molar-refractivity contribution in [1.29, 1.82) is 0 Å². The number of hydrogen-bond donors (Lipinski definition) is 2. The first-order chi connectivity index (χ1) is 14.7. The first-order valence-corrected chi connectivity index (χ1v) is 9.92. The van der Waals surface area contributed by atoms with E-state index < -0.39 is 0 Å². The van der Waals surface area contributed by atoms with Crippen LogP contribution in [0.15, 0.2) is 71.7 Å². The highest BCUT2D eigenvalue weighted by atomic mass is 16.3. The third-order valence-corrected chi connectivity index (χ3v) is 5.10. The molecule has 0 saturated heterocycles. The van der Waals surface area contributed by atoms with Crippen molar-refractivity contribution < 1.29 is 4.42 Å². The van der Waals surface area contributed by atoms with Gasteiger partial charge in [0.05, 0.1) is 18.1 Å². The summed E-state index contributed by atoms with van der Waals surface area (Å²) >= 11 is 0. The summed E-state index contributed by atoms with van der Waals surface area (Å²) in [6.45, 7) is 0.715. The Morgan fingerprint density at radius 2 is 1.97 bits per heavy atom. The van der Waals surface area contributed by atoms with Crippen molar-refractivity contribution in [1.82, 2.24) is 24.7 Å². The van der Waals surface area contributed by atoms with Crippen molar-refractivity contribution in [3.8, 4) is 11.1 Å². The van der Waals surface area contributed by atoms with Crippen LogP contribution in [-0.4, -0.2) is 24.7 Å². The number of pyridine rings is 1. The fraction of sp³-hybridized carbons (Fsp3) is 0.174. The van der Waals surface area contributed by atoms with Crippen molar-refractivity contribution in [3.05, 3.63) is 84.5 Å². The fourth-order valence-electron chi connectivity index (χ4n) is 3.50. The minimum absolute atomic E-state index is 0.715. The van der Waals surface area contributed by atoms with E-state index in [4.69, 9.17) is 4.42 Å². The molecule has 0 aliphatic carbocycles. The summed E-state index contributed by atoms with van der Waals surface area (Å²) in [5, 5.41) is 7.74. The second-order valence-electron chi connectivity index (χ2n) is 7.27. The highest BCUT2D eigenvalue weighted by molar-refractivity contribution is 5.85. The minimum Gasteiger partial charge on any atom is -0.469 e. The SMILES string of the molecule is Cn1cc(-c2ccc(CNc3ccnc4nc(CCc5ccco5)[nH]c34)cc2)cn1. The number of imidazole rings is 1. The van der Waals surface area contributed by atoms with Crippen LogP contribution < -0.4 is 5.32 Å². The van der Waals surface area contributed by atoms with Gasteiger partial charge in [0, 0.05) is 44.4 Å². The van der Waals surface area contributed by atoms with Gasteiger partial charge in [0.2, 0.25) is 0 Å². The number of aromatic nitrogens is 5. The number of hydrogen-bond acceptors (Lipinski definition) is 5. The van der Waals surface area contributed by atoms with Gasteiger partial charge in [-0.15, -0.1) is 0 Å². The van der Waals surface area contributed by atoms with E-state index in [1.54, 1.807) is 12.5 Å². The third-order valence-electron chi connectivity index (χ3n) is 5.10. The predicted molar refractivity (Wildman–Crippen MR) is 116 cm³/mol. The molecule has 0 fully saturated rings. The molecule has 30 heavy (non-hydrogen) atoms. The summed E-state index contributed by atoms with van der Waals surface area (Å²) in [6, 6.07) is 14.4. The molecule has 7 nitrogen and oxygen atoms in total. The summed E-state index contributed by atoms with van der Waals surface area (Å²) < 4.78 is 7.22. The Bertz CT molecular complexity index is 1250. The Morgan fingerprint density at radius 3 is 2.73 bits per heavy atom. The summed E-state index contributed by atoms with van der Waals surface area (Å²) in [5.41, 5.74) is 6.12. The lowest BCUT2D eigenvalue weighted by molar-refractivity contribution is 0.507. The van der Waals surface area contributed by atoms with Gasteiger partial charge in [-0.1, -0.05) is 24.3 Å². The number of furan rings is 1. The number of nitrogens with zero attached hydrogens (tertiary/aromatic N) is 4. The van der Waals surface area contributed by atoms with E-state index in [-0.39, 0.29) is 0 Å². The Morgan fingerprint density at radius 1 is 1.07 bits per heavy atom. The first kappa shape index (κ1) is 18.2. The van der Waals surface area contributed by atoms with Gasteiger partial charge in [-0.05, 0) is 29.3 Å². The van der Waals surface area contributed by atoms with Crippen LogP contribution in [-0.2, 0) is 26.4 Å². The number of aromatic amines is 1.